The molecule has 1 aromatic heterocycles. The molecule has 0 saturated heterocycles. The van der Waals surface area contributed by atoms with Gasteiger partial charge in [-0.05, 0) is 31.9 Å². The van der Waals surface area contributed by atoms with Crippen molar-refractivity contribution in [3.05, 3.63) is 18.5 Å². The minimum atomic E-state index is 0.410. The first-order chi connectivity index (χ1) is 7.66. The average Bonchev–Trinajstić information content (AvgIpc) is 2.28. The molecular formula is C10H15N5S. The van der Waals surface area contributed by atoms with E-state index >= 15 is 0 Å². The van der Waals surface area contributed by atoms with E-state index in [0.717, 1.165) is 16.5 Å². The Kier molecular flexibility index (Phi) is 3.31. The normalized spacial score (nSPS) is 14.4. The minimum Gasteiger partial charge on any atom is -0.295 e. The van der Waals surface area contributed by atoms with Gasteiger partial charge in [-0.2, -0.15) is 0 Å². The highest BCUT2D eigenvalue weighted by Gasteiger charge is 2.13. The van der Waals surface area contributed by atoms with E-state index in [1.807, 2.05) is 18.1 Å². The predicted octanol–water partition coefficient (Wildman–Crippen LogP) is 1.52. The van der Waals surface area contributed by atoms with E-state index in [4.69, 9.17) is 0 Å². The molecule has 1 aliphatic rings. The molecule has 16 heavy (non-hydrogen) atoms. The summed E-state index contributed by atoms with van der Waals surface area (Å²) in [5.41, 5.74) is 4.13. The van der Waals surface area contributed by atoms with Crippen LogP contribution in [0.25, 0.3) is 0 Å². The maximum absolute atomic E-state index is 4.46. The highest BCUT2D eigenvalue weighted by Crippen LogP contribution is 2.29. The van der Waals surface area contributed by atoms with E-state index in [0.29, 0.717) is 6.04 Å². The van der Waals surface area contributed by atoms with Crippen LogP contribution < -0.4 is 10.1 Å². The lowest BCUT2D eigenvalue weighted by atomic mass is 10.4. The number of hydrazine groups is 1. The lowest BCUT2D eigenvalue weighted by Crippen LogP contribution is -2.47. The number of rotatable bonds is 2. The van der Waals surface area contributed by atoms with Gasteiger partial charge in [0, 0.05) is 25.5 Å². The van der Waals surface area contributed by atoms with E-state index in [1.54, 1.807) is 12.4 Å². The number of aliphatic imine (C=N–C) groups is 1. The standard InChI is InChI=1S/C10H15N5S/c1-7(2)15(3)13-10-12-8-4-5-11-6-9(8)16-14-10/h4-7H,1-3H3,(H2,12,13,14). The molecule has 1 aromatic rings. The van der Waals surface area contributed by atoms with Gasteiger partial charge < -0.3 is 0 Å². The quantitative estimate of drug-likeness (QED) is 0.603. The number of fused-ring (bicyclic) bond motifs is 1. The first kappa shape index (κ1) is 11.2. The third-order valence-electron chi connectivity index (χ3n) is 2.31. The van der Waals surface area contributed by atoms with Crippen LogP contribution in [-0.2, 0) is 0 Å². The van der Waals surface area contributed by atoms with Crippen LogP contribution in [0.1, 0.15) is 13.8 Å². The van der Waals surface area contributed by atoms with Crippen LogP contribution in [0.3, 0.4) is 0 Å². The van der Waals surface area contributed by atoms with Crippen LogP contribution in [0.5, 0.6) is 0 Å². The Morgan fingerprint density at radius 3 is 3.06 bits per heavy atom. The van der Waals surface area contributed by atoms with Gasteiger partial charge in [-0.25, -0.2) is 10.0 Å². The molecule has 2 rings (SSSR count). The molecule has 1 aliphatic heterocycles. The number of pyridine rings is 1. The molecule has 0 spiro atoms. The summed E-state index contributed by atoms with van der Waals surface area (Å²) < 4.78 is 3.13. The number of nitrogens with one attached hydrogen (secondary N) is 2. The van der Waals surface area contributed by atoms with Gasteiger partial charge in [-0.15, -0.1) is 0 Å². The Hall–Kier alpha value is -1.27. The predicted molar refractivity (Wildman–Crippen MR) is 66.4 cm³/mol. The number of aromatic nitrogens is 1. The van der Waals surface area contributed by atoms with Gasteiger partial charge in [-0.1, -0.05) is 0 Å². The third kappa shape index (κ3) is 2.45. The molecule has 6 heteroatoms. The van der Waals surface area contributed by atoms with Crippen molar-refractivity contribution in [2.24, 2.45) is 4.99 Å². The van der Waals surface area contributed by atoms with Gasteiger partial charge in [0.2, 0.25) is 5.96 Å². The van der Waals surface area contributed by atoms with Crippen molar-refractivity contribution in [1.29, 1.82) is 0 Å². The van der Waals surface area contributed by atoms with Crippen LogP contribution in [0.4, 0.5) is 5.69 Å². The zero-order chi connectivity index (χ0) is 11.5. The van der Waals surface area contributed by atoms with E-state index in [-0.39, 0.29) is 0 Å². The van der Waals surface area contributed by atoms with Gasteiger partial charge in [0.05, 0.1) is 10.6 Å². The molecule has 0 bridgehead atoms. The molecule has 5 nitrogen and oxygen atoms in total. The zero-order valence-electron chi connectivity index (χ0n) is 9.56. The molecule has 0 unspecified atom stereocenters. The van der Waals surface area contributed by atoms with Crippen molar-refractivity contribution in [3.63, 3.8) is 0 Å². The van der Waals surface area contributed by atoms with Crippen LogP contribution in [0.2, 0.25) is 0 Å². The molecule has 2 N–H and O–H groups in total. The molecule has 0 aliphatic carbocycles. The van der Waals surface area contributed by atoms with Gasteiger partial charge >= 0.3 is 0 Å². The smallest absolute Gasteiger partial charge is 0.221 e. The summed E-state index contributed by atoms with van der Waals surface area (Å²) in [6.45, 7) is 4.22. The second-order valence-corrected chi connectivity index (χ2v) is 4.67. The highest BCUT2D eigenvalue weighted by molar-refractivity contribution is 7.98. The van der Waals surface area contributed by atoms with Crippen LogP contribution >= 0.6 is 11.9 Å². The van der Waals surface area contributed by atoms with Crippen molar-refractivity contribution in [1.82, 2.24) is 20.1 Å². The van der Waals surface area contributed by atoms with Gasteiger partial charge in [0.25, 0.3) is 0 Å². The second-order valence-electron chi connectivity index (χ2n) is 3.82. The first-order valence-corrected chi connectivity index (χ1v) is 5.93. The Balaban J connectivity index is 2.12. The first-order valence-electron chi connectivity index (χ1n) is 5.12. The maximum Gasteiger partial charge on any atom is 0.221 e. The van der Waals surface area contributed by atoms with Crippen molar-refractivity contribution in [2.75, 3.05) is 7.05 Å². The summed E-state index contributed by atoms with van der Waals surface area (Å²) in [5.74, 6) is 0.750. The molecule has 0 fully saturated rings. The summed E-state index contributed by atoms with van der Waals surface area (Å²) in [7, 11) is 1.99. The summed E-state index contributed by atoms with van der Waals surface area (Å²) in [4.78, 5) is 9.55. The van der Waals surface area contributed by atoms with Gasteiger partial charge in [0.15, 0.2) is 0 Å². The average molecular weight is 237 g/mol. The van der Waals surface area contributed by atoms with E-state index in [1.165, 1.54) is 11.9 Å². The zero-order valence-corrected chi connectivity index (χ0v) is 10.4. The second kappa shape index (κ2) is 4.71. The Morgan fingerprint density at radius 1 is 1.50 bits per heavy atom. The van der Waals surface area contributed by atoms with Crippen LogP contribution in [0.15, 0.2) is 28.3 Å². The third-order valence-corrected chi connectivity index (χ3v) is 3.14. The van der Waals surface area contributed by atoms with Crippen molar-refractivity contribution in [3.8, 4) is 0 Å². The summed E-state index contributed by atoms with van der Waals surface area (Å²) in [6, 6.07) is 2.31. The van der Waals surface area contributed by atoms with Crippen molar-refractivity contribution >= 4 is 23.6 Å². The fourth-order valence-corrected chi connectivity index (χ4v) is 1.76. The van der Waals surface area contributed by atoms with Crippen LogP contribution in [0, 0.1) is 0 Å². The van der Waals surface area contributed by atoms with Gasteiger partial charge in [-0.3, -0.25) is 15.1 Å². The molecule has 2 heterocycles. The summed E-state index contributed by atoms with van der Waals surface area (Å²) in [6.07, 6.45) is 3.55. The minimum absolute atomic E-state index is 0.410. The molecule has 86 valence electrons. The Labute approximate surface area is 99.5 Å². The summed E-state index contributed by atoms with van der Waals surface area (Å²) >= 11 is 1.52. The fourth-order valence-electron chi connectivity index (χ4n) is 1.13. The number of hydrogen-bond acceptors (Lipinski definition) is 6. The number of hydrogen-bond donors (Lipinski definition) is 2. The molecule has 0 amide bonds. The molecule has 0 aromatic carbocycles. The molecule has 0 radical (unpaired) electrons. The lowest BCUT2D eigenvalue weighted by molar-refractivity contribution is 0.233. The SMILES string of the molecule is CC(C)N(C)NC1=Nc2ccncc2SN1. The fraction of sp³-hybridized carbons (Fsp3) is 0.400. The van der Waals surface area contributed by atoms with Crippen molar-refractivity contribution in [2.45, 2.75) is 24.8 Å². The lowest BCUT2D eigenvalue weighted by Gasteiger charge is -2.25. The van der Waals surface area contributed by atoms with E-state index < -0.39 is 0 Å². The summed E-state index contributed by atoms with van der Waals surface area (Å²) in [5, 5.41) is 2.00. The van der Waals surface area contributed by atoms with Gasteiger partial charge in [0.1, 0.15) is 0 Å². The molecule has 0 atom stereocenters. The molecular weight excluding hydrogens is 222 g/mol. The number of guanidine groups is 1. The number of nitrogens with zero attached hydrogens (tertiary/aromatic N) is 3. The largest absolute Gasteiger partial charge is 0.295 e. The van der Waals surface area contributed by atoms with Crippen LogP contribution in [-0.4, -0.2) is 29.0 Å². The highest BCUT2D eigenvalue weighted by atomic mass is 32.2. The van der Waals surface area contributed by atoms with Crippen molar-refractivity contribution < 1.29 is 0 Å². The Morgan fingerprint density at radius 2 is 2.31 bits per heavy atom. The monoisotopic (exact) mass is 237 g/mol. The Bertz CT molecular complexity index is 404. The molecule has 0 saturated carbocycles. The van der Waals surface area contributed by atoms with E-state index in [9.17, 15) is 0 Å². The van der Waals surface area contributed by atoms with E-state index in [2.05, 4.69) is 34.0 Å². The maximum atomic E-state index is 4.46. The topological polar surface area (TPSA) is 52.5 Å².